The van der Waals surface area contributed by atoms with Crippen LogP contribution in [0, 0.1) is 5.92 Å². The molecule has 1 aromatic carbocycles. The van der Waals surface area contributed by atoms with Crippen molar-refractivity contribution in [2.45, 2.75) is 52.6 Å². The number of carbonyl (C=O) groups is 1. The zero-order valence-corrected chi connectivity index (χ0v) is 16.7. The van der Waals surface area contributed by atoms with Crippen LogP contribution in [-0.4, -0.2) is 34.6 Å². The van der Waals surface area contributed by atoms with Gasteiger partial charge < -0.3 is 19.8 Å². The summed E-state index contributed by atoms with van der Waals surface area (Å²) in [5, 5.41) is 24.3. The molecule has 2 N–H and O–H groups in total. The standard InChI is InChI=1S/C22H29NO5/c1-4-27-23-17-10-8-6-5-7-9-11-20(15(2)3)28-22(26)21-16(12-17)13-18(24)14-19(21)25/h7-10,13-15,20,24-25H,4-6,11-12H2,1-3H3/t20-/m0/s1. The SMILES string of the molecule is CCON=C1C=CCCC=CC[C@@H](C(C)C)OC(=O)c2c(O)cc(O)cc2C1. The predicted octanol–water partition coefficient (Wildman–Crippen LogP) is 4.51. The van der Waals surface area contributed by atoms with Gasteiger partial charge in [0, 0.05) is 18.9 Å². The Morgan fingerprint density at radius 2 is 1.96 bits per heavy atom. The van der Waals surface area contributed by atoms with Gasteiger partial charge in [0.2, 0.25) is 0 Å². The largest absolute Gasteiger partial charge is 0.508 e. The number of phenols is 2. The lowest BCUT2D eigenvalue weighted by Gasteiger charge is -2.21. The number of ether oxygens (including phenoxy) is 1. The number of carbonyl (C=O) groups excluding carboxylic acids is 1. The Hall–Kier alpha value is -2.76. The zero-order chi connectivity index (χ0) is 20.5. The van der Waals surface area contributed by atoms with E-state index in [1.807, 2.05) is 39.0 Å². The Balaban J connectivity index is 2.49. The van der Waals surface area contributed by atoms with Crippen LogP contribution in [0.25, 0.3) is 0 Å². The molecule has 1 aliphatic heterocycles. The second-order valence-corrected chi connectivity index (χ2v) is 7.05. The molecule has 0 amide bonds. The van der Waals surface area contributed by atoms with Crippen LogP contribution >= 0.6 is 0 Å². The molecule has 1 aromatic rings. The van der Waals surface area contributed by atoms with Crippen LogP contribution in [-0.2, 0) is 16.0 Å². The van der Waals surface area contributed by atoms with Gasteiger partial charge in [0.25, 0.3) is 0 Å². The number of esters is 1. The Morgan fingerprint density at radius 3 is 2.68 bits per heavy atom. The third kappa shape index (κ3) is 6.15. The van der Waals surface area contributed by atoms with Crippen LogP contribution in [0.1, 0.15) is 56.0 Å². The van der Waals surface area contributed by atoms with Crippen molar-refractivity contribution in [1.82, 2.24) is 0 Å². The maximum absolute atomic E-state index is 12.9. The van der Waals surface area contributed by atoms with Crippen LogP contribution in [0.2, 0.25) is 0 Å². The van der Waals surface area contributed by atoms with Gasteiger partial charge in [-0.15, -0.1) is 0 Å². The minimum atomic E-state index is -0.614. The highest BCUT2D eigenvalue weighted by Crippen LogP contribution is 2.30. The fraction of sp³-hybridized carbons (Fsp3) is 0.455. The smallest absolute Gasteiger partial charge is 0.342 e. The Kier molecular flexibility index (Phi) is 8.11. The first kappa shape index (κ1) is 21.5. The number of allylic oxidation sites excluding steroid dienone is 3. The number of aromatic hydroxyl groups is 2. The summed E-state index contributed by atoms with van der Waals surface area (Å²) in [5.74, 6) is -0.936. The van der Waals surface area contributed by atoms with Crippen molar-refractivity contribution in [3.63, 3.8) is 0 Å². The van der Waals surface area contributed by atoms with Crippen molar-refractivity contribution in [2.24, 2.45) is 11.1 Å². The number of nitrogens with zero attached hydrogens (tertiary/aromatic N) is 1. The molecule has 0 unspecified atom stereocenters. The molecule has 6 heteroatoms. The molecule has 2 rings (SSSR count). The summed E-state index contributed by atoms with van der Waals surface area (Å²) < 4.78 is 5.70. The molecule has 0 radical (unpaired) electrons. The summed E-state index contributed by atoms with van der Waals surface area (Å²) in [6, 6.07) is 2.59. The highest BCUT2D eigenvalue weighted by Gasteiger charge is 2.24. The molecule has 1 heterocycles. The Bertz CT molecular complexity index is 764. The summed E-state index contributed by atoms with van der Waals surface area (Å²) >= 11 is 0. The van der Waals surface area contributed by atoms with E-state index < -0.39 is 5.97 Å². The third-order valence-corrected chi connectivity index (χ3v) is 4.42. The summed E-state index contributed by atoms with van der Waals surface area (Å²) in [6.45, 7) is 6.22. The van der Waals surface area contributed by atoms with Crippen LogP contribution in [0.15, 0.2) is 41.6 Å². The number of benzene rings is 1. The van der Waals surface area contributed by atoms with E-state index in [-0.39, 0.29) is 35.5 Å². The Labute approximate surface area is 166 Å². The highest BCUT2D eigenvalue weighted by molar-refractivity contribution is 6.00. The van der Waals surface area contributed by atoms with Crippen LogP contribution in [0.5, 0.6) is 11.5 Å². The monoisotopic (exact) mass is 387 g/mol. The van der Waals surface area contributed by atoms with Crippen molar-refractivity contribution >= 4 is 11.7 Å². The molecule has 1 atom stereocenters. The molecule has 152 valence electrons. The van der Waals surface area contributed by atoms with Crippen molar-refractivity contribution in [3.8, 4) is 11.5 Å². The first-order chi connectivity index (χ1) is 13.4. The van der Waals surface area contributed by atoms with Crippen LogP contribution in [0.3, 0.4) is 0 Å². The summed E-state index contributed by atoms with van der Waals surface area (Å²) in [6.07, 6.45) is 10.1. The number of rotatable bonds is 3. The molecule has 0 aromatic heterocycles. The van der Waals surface area contributed by atoms with E-state index >= 15 is 0 Å². The minimum Gasteiger partial charge on any atom is -0.508 e. The van der Waals surface area contributed by atoms with Crippen molar-refractivity contribution in [2.75, 3.05) is 6.61 Å². The lowest BCUT2D eigenvalue weighted by molar-refractivity contribution is 0.0189. The zero-order valence-electron chi connectivity index (χ0n) is 16.7. The molecule has 6 nitrogen and oxygen atoms in total. The fourth-order valence-electron chi connectivity index (χ4n) is 2.92. The topological polar surface area (TPSA) is 88.4 Å². The van der Waals surface area contributed by atoms with Gasteiger partial charge in [0.05, 0.1) is 5.71 Å². The number of phenolic OH excluding ortho intramolecular Hbond substituents is 2. The normalized spacial score (nSPS) is 19.9. The molecular formula is C22H29NO5. The average Bonchev–Trinajstić information content (AvgIpc) is 2.62. The van der Waals surface area contributed by atoms with E-state index in [1.165, 1.54) is 6.07 Å². The van der Waals surface area contributed by atoms with Gasteiger partial charge in [-0.2, -0.15) is 0 Å². The third-order valence-electron chi connectivity index (χ3n) is 4.42. The molecule has 0 bridgehead atoms. The molecule has 0 spiro atoms. The van der Waals surface area contributed by atoms with E-state index in [0.717, 1.165) is 18.9 Å². The number of hydrogen-bond acceptors (Lipinski definition) is 6. The van der Waals surface area contributed by atoms with E-state index in [9.17, 15) is 15.0 Å². The van der Waals surface area contributed by atoms with Gasteiger partial charge in [-0.3, -0.25) is 0 Å². The second kappa shape index (κ2) is 10.5. The predicted molar refractivity (Wildman–Crippen MR) is 109 cm³/mol. The quantitative estimate of drug-likeness (QED) is 0.452. The lowest BCUT2D eigenvalue weighted by atomic mass is 9.98. The first-order valence-electron chi connectivity index (χ1n) is 9.68. The van der Waals surface area contributed by atoms with E-state index in [1.54, 1.807) is 0 Å². The molecule has 1 aliphatic rings. The lowest BCUT2D eigenvalue weighted by Crippen LogP contribution is -2.24. The number of hydrogen-bond donors (Lipinski definition) is 2. The summed E-state index contributed by atoms with van der Waals surface area (Å²) in [5.41, 5.74) is 1.06. The number of fused-ring (bicyclic) bond motifs is 1. The molecular weight excluding hydrogens is 358 g/mol. The fourth-order valence-corrected chi connectivity index (χ4v) is 2.92. The van der Waals surface area contributed by atoms with Gasteiger partial charge in [-0.05, 0) is 43.4 Å². The van der Waals surface area contributed by atoms with Crippen LogP contribution < -0.4 is 0 Å². The molecule has 0 fully saturated rings. The van der Waals surface area contributed by atoms with Crippen molar-refractivity contribution in [3.05, 3.63) is 47.6 Å². The van der Waals surface area contributed by atoms with E-state index in [2.05, 4.69) is 11.2 Å². The summed E-state index contributed by atoms with van der Waals surface area (Å²) in [7, 11) is 0. The van der Waals surface area contributed by atoms with Crippen LogP contribution in [0.4, 0.5) is 0 Å². The maximum Gasteiger partial charge on any atom is 0.342 e. The van der Waals surface area contributed by atoms with Gasteiger partial charge in [-0.1, -0.05) is 37.2 Å². The van der Waals surface area contributed by atoms with Gasteiger partial charge in [-0.25, -0.2) is 4.79 Å². The second-order valence-electron chi connectivity index (χ2n) is 7.05. The number of cyclic esters (lactones) is 1. The van der Waals surface area contributed by atoms with Crippen molar-refractivity contribution < 1.29 is 24.6 Å². The Morgan fingerprint density at radius 1 is 1.21 bits per heavy atom. The minimum absolute atomic E-state index is 0.0436. The molecule has 0 aliphatic carbocycles. The molecule has 0 saturated heterocycles. The van der Waals surface area contributed by atoms with Gasteiger partial charge in [0.1, 0.15) is 29.8 Å². The summed E-state index contributed by atoms with van der Waals surface area (Å²) in [4.78, 5) is 18.0. The van der Waals surface area contributed by atoms with Gasteiger partial charge >= 0.3 is 5.97 Å². The van der Waals surface area contributed by atoms with E-state index in [0.29, 0.717) is 24.3 Å². The average molecular weight is 387 g/mol. The maximum atomic E-state index is 12.9. The van der Waals surface area contributed by atoms with Gasteiger partial charge in [0.15, 0.2) is 0 Å². The van der Waals surface area contributed by atoms with E-state index in [4.69, 9.17) is 9.57 Å². The highest BCUT2D eigenvalue weighted by atomic mass is 16.6. The number of oxime groups is 1. The molecule has 28 heavy (non-hydrogen) atoms. The first-order valence-corrected chi connectivity index (χ1v) is 9.68. The van der Waals surface area contributed by atoms with Crippen molar-refractivity contribution in [1.29, 1.82) is 0 Å². The molecule has 0 saturated carbocycles.